The number of carboxylic acids is 1. The molecule has 1 heterocycles. The molecule has 3 N–H and O–H groups in total. The summed E-state index contributed by atoms with van der Waals surface area (Å²) in [6.45, 7) is 4.41. The van der Waals surface area contributed by atoms with Crippen molar-refractivity contribution in [2.45, 2.75) is 121 Å². The maximum Gasteiger partial charge on any atom is 0.303 e. The molecule has 34 heavy (non-hydrogen) atoms. The summed E-state index contributed by atoms with van der Waals surface area (Å²) >= 11 is 0. The van der Waals surface area contributed by atoms with E-state index in [2.05, 4.69) is 0 Å². The van der Waals surface area contributed by atoms with Crippen LogP contribution >= 0.6 is 0 Å². The molecular formula is C26H44F2O6. The van der Waals surface area contributed by atoms with Gasteiger partial charge in [-0.05, 0) is 75.5 Å². The average Bonchev–Trinajstić information content (AvgIpc) is 3.07. The fourth-order valence-corrected chi connectivity index (χ4v) is 5.00. The van der Waals surface area contributed by atoms with Gasteiger partial charge >= 0.3 is 5.97 Å². The zero-order chi connectivity index (χ0) is 25.1. The van der Waals surface area contributed by atoms with Gasteiger partial charge in [0.1, 0.15) is 6.10 Å². The normalized spacial score (nSPS) is 29.2. The lowest BCUT2D eigenvalue weighted by molar-refractivity contribution is -0.197. The molecule has 2 rings (SSSR count). The van der Waals surface area contributed by atoms with Crippen molar-refractivity contribution in [3.05, 3.63) is 12.2 Å². The number of aliphatic carboxylic acids is 1. The van der Waals surface area contributed by atoms with E-state index in [0.717, 1.165) is 19.3 Å². The molecule has 0 radical (unpaired) electrons. The van der Waals surface area contributed by atoms with Crippen molar-refractivity contribution in [1.82, 2.24) is 0 Å². The number of aliphatic hydroxyl groups is 2. The third-order valence-electron chi connectivity index (χ3n) is 7.11. The molecule has 8 heteroatoms. The number of aliphatic hydroxyl groups excluding tert-OH is 2. The molecule has 6 nitrogen and oxygen atoms in total. The fourth-order valence-electron chi connectivity index (χ4n) is 5.00. The van der Waals surface area contributed by atoms with E-state index >= 15 is 0 Å². The second kappa shape index (κ2) is 14.5. The van der Waals surface area contributed by atoms with Gasteiger partial charge in [-0.25, -0.2) is 8.78 Å². The summed E-state index contributed by atoms with van der Waals surface area (Å²) in [5, 5.41) is 29.8. The number of halogens is 2. The molecule has 6 atom stereocenters. The van der Waals surface area contributed by atoms with E-state index in [0.29, 0.717) is 45.1 Å². The minimum absolute atomic E-state index is 0.0489. The highest BCUT2D eigenvalue weighted by molar-refractivity contribution is 5.66. The SMILES string of the molecule is CC(C)CCC(F)(F)C(O)CC[C@@H]1[C@@H](C/C=C\CCCC(=O)O)[C@@H](O)C[C@H]1OC1CCCCO1. The van der Waals surface area contributed by atoms with E-state index in [9.17, 15) is 23.8 Å². The van der Waals surface area contributed by atoms with Gasteiger partial charge < -0.3 is 24.8 Å². The Kier molecular flexibility index (Phi) is 12.4. The summed E-state index contributed by atoms with van der Waals surface area (Å²) in [5.41, 5.74) is 0. The highest BCUT2D eigenvalue weighted by Crippen LogP contribution is 2.42. The first-order valence-corrected chi connectivity index (χ1v) is 13.0. The smallest absolute Gasteiger partial charge is 0.303 e. The topological polar surface area (TPSA) is 96.2 Å². The quantitative estimate of drug-likeness (QED) is 0.213. The minimum atomic E-state index is -3.14. The van der Waals surface area contributed by atoms with Crippen LogP contribution in [0.5, 0.6) is 0 Å². The lowest BCUT2D eigenvalue weighted by Crippen LogP contribution is -2.36. The Balaban J connectivity index is 1.99. The van der Waals surface area contributed by atoms with Crippen molar-refractivity contribution in [2.75, 3.05) is 6.61 Å². The number of alkyl halides is 2. The molecule has 2 unspecified atom stereocenters. The van der Waals surface area contributed by atoms with Crippen molar-refractivity contribution >= 4 is 5.97 Å². The monoisotopic (exact) mass is 490 g/mol. The highest BCUT2D eigenvalue weighted by Gasteiger charge is 2.45. The number of carboxylic acid groups (broad SMARTS) is 1. The van der Waals surface area contributed by atoms with Crippen LogP contribution in [0, 0.1) is 17.8 Å². The molecule has 2 aliphatic rings. The molecule has 0 aromatic heterocycles. The van der Waals surface area contributed by atoms with Gasteiger partial charge in [-0.3, -0.25) is 4.79 Å². The molecule has 0 spiro atoms. The summed E-state index contributed by atoms with van der Waals surface area (Å²) in [7, 11) is 0. The maximum atomic E-state index is 14.5. The Labute approximate surface area is 202 Å². The predicted octanol–water partition coefficient (Wildman–Crippen LogP) is 5.31. The van der Waals surface area contributed by atoms with Gasteiger partial charge in [0.05, 0.1) is 12.2 Å². The summed E-state index contributed by atoms with van der Waals surface area (Å²) < 4.78 is 40.8. The molecule has 1 aliphatic heterocycles. The molecule has 0 bridgehead atoms. The molecule has 2 fully saturated rings. The Morgan fingerprint density at radius 3 is 2.62 bits per heavy atom. The zero-order valence-electron chi connectivity index (χ0n) is 20.7. The number of hydrogen-bond donors (Lipinski definition) is 3. The van der Waals surface area contributed by atoms with Crippen molar-refractivity contribution in [3.8, 4) is 0 Å². The highest BCUT2D eigenvalue weighted by atomic mass is 19.3. The molecule has 0 aromatic rings. The van der Waals surface area contributed by atoms with Gasteiger partial charge in [0, 0.05) is 25.9 Å². The third kappa shape index (κ3) is 9.88. The Morgan fingerprint density at radius 1 is 1.21 bits per heavy atom. The number of unbranched alkanes of at least 4 members (excludes halogenated alkanes) is 1. The fraction of sp³-hybridized carbons (Fsp3) is 0.885. The van der Waals surface area contributed by atoms with Gasteiger partial charge in [-0.15, -0.1) is 0 Å². The van der Waals surface area contributed by atoms with Crippen molar-refractivity contribution in [1.29, 1.82) is 0 Å². The van der Waals surface area contributed by atoms with Gasteiger partial charge in [0.25, 0.3) is 5.92 Å². The minimum Gasteiger partial charge on any atom is -0.481 e. The first kappa shape index (κ1) is 29.1. The number of rotatable bonds is 15. The second-order valence-electron chi connectivity index (χ2n) is 10.4. The van der Waals surface area contributed by atoms with Crippen molar-refractivity contribution < 1.29 is 38.4 Å². The standard InChI is InChI=1S/C26H44F2O6/c1-18(2)14-15-26(27,28)23(30)13-12-20-19(9-5-3-4-6-10-24(31)32)21(29)17-22(20)34-25-11-7-8-16-33-25/h3,5,18-23,25,29-30H,4,6-17H2,1-2H3,(H,31,32)/b5-3-/t19-,20-,21+,22-,23?,25?/m1/s1. The summed E-state index contributed by atoms with van der Waals surface area (Å²) in [6, 6.07) is 0. The van der Waals surface area contributed by atoms with Crippen molar-refractivity contribution in [3.63, 3.8) is 0 Å². The van der Waals surface area contributed by atoms with Crippen LogP contribution in [-0.4, -0.2) is 58.4 Å². The van der Waals surface area contributed by atoms with Crippen LogP contribution in [0.4, 0.5) is 8.78 Å². The van der Waals surface area contributed by atoms with Gasteiger partial charge in [0.15, 0.2) is 6.29 Å². The molecule has 0 aromatic carbocycles. The largest absolute Gasteiger partial charge is 0.481 e. The number of carbonyl (C=O) groups is 1. The van der Waals surface area contributed by atoms with Gasteiger partial charge in [0.2, 0.25) is 0 Å². The van der Waals surface area contributed by atoms with Crippen LogP contribution in [0.2, 0.25) is 0 Å². The maximum absolute atomic E-state index is 14.5. The van der Waals surface area contributed by atoms with Crippen LogP contribution in [0.15, 0.2) is 12.2 Å². The third-order valence-corrected chi connectivity index (χ3v) is 7.11. The first-order chi connectivity index (χ1) is 16.1. The number of ether oxygens (including phenoxy) is 2. The Bertz CT molecular complexity index is 620. The second-order valence-corrected chi connectivity index (χ2v) is 10.4. The van der Waals surface area contributed by atoms with Crippen LogP contribution in [-0.2, 0) is 14.3 Å². The van der Waals surface area contributed by atoms with E-state index in [1.807, 2.05) is 26.0 Å². The predicted molar refractivity (Wildman–Crippen MR) is 126 cm³/mol. The molecular weight excluding hydrogens is 446 g/mol. The lowest BCUT2D eigenvalue weighted by atomic mass is 9.85. The molecule has 1 saturated heterocycles. The molecule has 1 aliphatic carbocycles. The average molecular weight is 491 g/mol. The van der Waals surface area contributed by atoms with Crippen molar-refractivity contribution in [2.24, 2.45) is 17.8 Å². The Morgan fingerprint density at radius 2 is 1.97 bits per heavy atom. The van der Waals surface area contributed by atoms with E-state index in [1.165, 1.54) is 0 Å². The van der Waals surface area contributed by atoms with E-state index in [-0.39, 0.29) is 49.4 Å². The molecule has 1 saturated carbocycles. The first-order valence-electron chi connectivity index (χ1n) is 13.0. The zero-order valence-corrected chi connectivity index (χ0v) is 20.7. The number of allylic oxidation sites excluding steroid dienone is 2. The van der Waals surface area contributed by atoms with Crippen LogP contribution in [0.25, 0.3) is 0 Å². The lowest BCUT2D eigenvalue weighted by Gasteiger charge is -2.31. The summed E-state index contributed by atoms with van der Waals surface area (Å²) in [5.74, 6) is -4.15. The molecule has 0 amide bonds. The molecule has 198 valence electrons. The Hall–Kier alpha value is -1.09. The van der Waals surface area contributed by atoms with E-state index in [1.54, 1.807) is 0 Å². The van der Waals surface area contributed by atoms with E-state index < -0.39 is 24.1 Å². The van der Waals surface area contributed by atoms with Gasteiger partial charge in [-0.2, -0.15) is 0 Å². The summed E-state index contributed by atoms with van der Waals surface area (Å²) in [6.07, 6.45) is 6.23. The van der Waals surface area contributed by atoms with Crippen LogP contribution in [0.1, 0.15) is 90.9 Å². The number of hydrogen-bond acceptors (Lipinski definition) is 5. The summed E-state index contributed by atoms with van der Waals surface area (Å²) in [4.78, 5) is 10.6. The van der Waals surface area contributed by atoms with Crippen LogP contribution < -0.4 is 0 Å². The van der Waals surface area contributed by atoms with Gasteiger partial charge in [-0.1, -0.05) is 26.0 Å². The van der Waals surface area contributed by atoms with E-state index in [4.69, 9.17) is 14.6 Å². The van der Waals surface area contributed by atoms with Crippen LogP contribution in [0.3, 0.4) is 0 Å².